The Morgan fingerprint density at radius 3 is 2.48 bits per heavy atom. The van der Waals surface area contributed by atoms with E-state index in [1.54, 1.807) is 0 Å². The fraction of sp³-hybridized carbons (Fsp3) is 0.600. The van der Waals surface area contributed by atoms with Gasteiger partial charge in [0.25, 0.3) is 0 Å². The number of allylic oxidation sites excluding steroid dienone is 5. The second-order valence-electron chi connectivity index (χ2n) is 6.65. The maximum Gasteiger partial charge on any atom is 0.0797 e. The van der Waals surface area contributed by atoms with E-state index in [4.69, 9.17) is 9.98 Å². The van der Waals surface area contributed by atoms with Gasteiger partial charge in [-0.1, -0.05) is 20.8 Å². The van der Waals surface area contributed by atoms with Crippen LogP contribution in [0.4, 0.5) is 0 Å². The summed E-state index contributed by atoms with van der Waals surface area (Å²) < 4.78 is 0. The maximum atomic E-state index is 5.17. The molecule has 0 amide bonds. The molecule has 2 rings (SSSR count). The van der Waals surface area contributed by atoms with E-state index in [-0.39, 0.29) is 5.54 Å². The summed E-state index contributed by atoms with van der Waals surface area (Å²) in [5.74, 6) is 1.05. The first-order chi connectivity index (χ1) is 10.9. The number of thioether (sulfide) groups is 1. The molecule has 0 fully saturated rings. The lowest BCUT2D eigenvalue weighted by Crippen LogP contribution is -2.32. The van der Waals surface area contributed by atoms with E-state index in [1.165, 1.54) is 27.3 Å². The van der Waals surface area contributed by atoms with Crippen molar-refractivity contribution in [3.05, 3.63) is 33.8 Å². The average molecular weight is 331 g/mol. The average Bonchev–Trinajstić information content (AvgIpc) is 2.54. The highest BCUT2D eigenvalue weighted by Gasteiger charge is 2.34. The standard InChI is InChI=1S/C20H30N2S/c1-8-13(4)21-16-11-17-14(5)15(6)20(7,9-2)22-19(17)18(12-16)23-10-3/h11-13H,8-10H2,1-7H3. The second kappa shape index (κ2) is 7.21. The van der Waals surface area contributed by atoms with Gasteiger partial charge in [0, 0.05) is 16.5 Å². The van der Waals surface area contributed by atoms with Gasteiger partial charge < -0.3 is 0 Å². The van der Waals surface area contributed by atoms with Crippen molar-refractivity contribution in [3.8, 4) is 0 Å². The van der Waals surface area contributed by atoms with Crippen molar-refractivity contribution in [2.75, 3.05) is 5.75 Å². The largest absolute Gasteiger partial charge is 0.282 e. The third kappa shape index (κ3) is 3.55. The number of aliphatic imine (C=N–C) groups is 2. The molecule has 0 saturated carbocycles. The normalized spacial score (nSPS) is 27.4. The Hall–Kier alpha value is -1.09. The summed E-state index contributed by atoms with van der Waals surface area (Å²) in [5.41, 5.74) is 6.23. The van der Waals surface area contributed by atoms with Crippen molar-refractivity contribution in [1.29, 1.82) is 0 Å². The lowest BCUT2D eigenvalue weighted by atomic mass is 9.79. The summed E-state index contributed by atoms with van der Waals surface area (Å²) in [6.45, 7) is 15.5. The Kier molecular flexibility index (Phi) is 5.72. The maximum absolute atomic E-state index is 5.17. The molecule has 0 N–H and O–H groups in total. The summed E-state index contributed by atoms with van der Waals surface area (Å²) in [6, 6.07) is 0.361. The number of fused-ring (bicyclic) bond motifs is 1. The third-order valence-corrected chi connectivity index (χ3v) is 6.05. The fourth-order valence-corrected chi connectivity index (χ4v) is 3.77. The van der Waals surface area contributed by atoms with Crippen LogP contribution in [0.5, 0.6) is 0 Å². The van der Waals surface area contributed by atoms with Crippen LogP contribution in [-0.2, 0) is 0 Å². The highest BCUT2D eigenvalue weighted by atomic mass is 32.2. The van der Waals surface area contributed by atoms with E-state index in [2.05, 4.69) is 60.6 Å². The molecule has 1 heterocycles. The van der Waals surface area contributed by atoms with Gasteiger partial charge in [0.2, 0.25) is 0 Å². The number of rotatable bonds is 5. The Morgan fingerprint density at radius 1 is 1.22 bits per heavy atom. The molecule has 0 spiro atoms. The zero-order chi connectivity index (χ0) is 17.2. The predicted octanol–water partition coefficient (Wildman–Crippen LogP) is 5.76. The number of hydrogen-bond donors (Lipinski definition) is 0. The lowest BCUT2D eigenvalue weighted by molar-refractivity contribution is 0.526. The van der Waals surface area contributed by atoms with Crippen LogP contribution in [-0.4, -0.2) is 28.8 Å². The first-order valence-electron chi connectivity index (χ1n) is 8.79. The van der Waals surface area contributed by atoms with Crippen LogP contribution in [0.1, 0.15) is 61.3 Å². The van der Waals surface area contributed by atoms with Crippen molar-refractivity contribution in [2.45, 2.75) is 72.9 Å². The molecule has 0 aromatic heterocycles. The minimum absolute atomic E-state index is 0.0739. The van der Waals surface area contributed by atoms with Crippen LogP contribution in [0.15, 0.2) is 43.8 Å². The van der Waals surface area contributed by atoms with E-state index < -0.39 is 0 Å². The van der Waals surface area contributed by atoms with Crippen molar-refractivity contribution in [1.82, 2.24) is 0 Å². The summed E-state index contributed by atoms with van der Waals surface area (Å²) >= 11 is 1.88. The number of nitrogens with zero attached hydrogens (tertiary/aromatic N) is 2. The summed E-state index contributed by atoms with van der Waals surface area (Å²) in [7, 11) is 0. The summed E-state index contributed by atoms with van der Waals surface area (Å²) in [5, 5.41) is 0. The molecular formula is C20H30N2S. The molecule has 2 nitrogen and oxygen atoms in total. The molecule has 0 aromatic carbocycles. The van der Waals surface area contributed by atoms with Crippen molar-refractivity contribution >= 4 is 23.2 Å². The van der Waals surface area contributed by atoms with Gasteiger partial charge in [0.15, 0.2) is 0 Å². The van der Waals surface area contributed by atoms with Gasteiger partial charge in [-0.3, -0.25) is 9.98 Å². The third-order valence-electron chi connectivity index (χ3n) is 5.14. The molecule has 1 aliphatic heterocycles. The van der Waals surface area contributed by atoms with E-state index in [0.29, 0.717) is 6.04 Å². The molecule has 0 bridgehead atoms. The van der Waals surface area contributed by atoms with Crippen LogP contribution in [0.2, 0.25) is 0 Å². The summed E-state index contributed by atoms with van der Waals surface area (Å²) in [6.07, 6.45) is 6.57. The molecule has 1 aliphatic carbocycles. The van der Waals surface area contributed by atoms with Gasteiger partial charge in [0.05, 0.1) is 17.0 Å². The van der Waals surface area contributed by atoms with E-state index in [9.17, 15) is 0 Å². The molecule has 0 radical (unpaired) electrons. The van der Waals surface area contributed by atoms with E-state index >= 15 is 0 Å². The van der Waals surface area contributed by atoms with Gasteiger partial charge in [-0.25, -0.2) is 0 Å². The van der Waals surface area contributed by atoms with E-state index in [0.717, 1.165) is 24.3 Å². The van der Waals surface area contributed by atoms with Crippen molar-refractivity contribution in [2.24, 2.45) is 9.98 Å². The van der Waals surface area contributed by atoms with Crippen LogP contribution in [0.25, 0.3) is 0 Å². The molecule has 2 unspecified atom stereocenters. The zero-order valence-corrected chi connectivity index (χ0v) is 16.5. The minimum atomic E-state index is -0.0739. The monoisotopic (exact) mass is 330 g/mol. The lowest BCUT2D eigenvalue weighted by Gasteiger charge is -2.35. The molecule has 126 valence electrons. The smallest absolute Gasteiger partial charge is 0.0797 e. The molecule has 23 heavy (non-hydrogen) atoms. The molecule has 0 aromatic rings. The van der Waals surface area contributed by atoms with Crippen molar-refractivity contribution in [3.63, 3.8) is 0 Å². The Bertz CT molecular complexity index is 634. The second-order valence-corrected chi connectivity index (χ2v) is 7.95. The van der Waals surface area contributed by atoms with Gasteiger partial charge in [0.1, 0.15) is 0 Å². The van der Waals surface area contributed by atoms with Crippen LogP contribution < -0.4 is 0 Å². The van der Waals surface area contributed by atoms with E-state index in [1.807, 2.05) is 11.8 Å². The minimum Gasteiger partial charge on any atom is -0.282 e. The Labute approximate surface area is 146 Å². The molecular weight excluding hydrogens is 300 g/mol. The van der Waals surface area contributed by atoms with Gasteiger partial charge in [-0.2, -0.15) is 0 Å². The molecule has 0 saturated heterocycles. The highest BCUT2D eigenvalue weighted by Crippen LogP contribution is 2.40. The zero-order valence-electron chi connectivity index (χ0n) is 15.7. The molecule has 3 heteroatoms. The van der Waals surface area contributed by atoms with Crippen molar-refractivity contribution < 1.29 is 0 Å². The van der Waals surface area contributed by atoms with Crippen LogP contribution >= 0.6 is 11.8 Å². The Balaban J connectivity index is 2.57. The molecule has 2 aliphatic rings. The predicted molar refractivity (Wildman–Crippen MR) is 106 cm³/mol. The Morgan fingerprint density at radius 2 is 1.91 bits per heavy atom. The highest BCUT2D eigenvalue weighted by molar-refractivity contribution is 8.04. The van der Waals surface area contributed by atoms with Crippen LogP contribution in [0, 0.1) is 0 Å². The topological polar surface area (TPSA) is 24.7 Å². The summed E-state index contributed by atoms with van der Waals surface area (Å²) in [4.78, 5) is 11.3. The van der Waals surface area contributed by atoms with Gasteiger partial charge in [-0.05, 0) is 69.6 Å². The fourth-order valence-electron chi connectivity index (χ4n) is 2.96. The van der Waals surface area contributed by atoms with Gasteiger partial charge in [-0.15, -0.1) is 11.8 Å². The SMILES string of the molecule is CCSC1=CC(=NC(C)CC)C=C2C1=NC(C)(CC)C(C)=C2C. The quantitative estimate of drug-likeness (QED) is 0.588. The van der Waals surface area contributed by atoms with Crippen LogP contribution in [0.3, 0.4) is 0 Å². The first kappa shape index (κ1) is 18.3. The number of hydrogen-bond acceptors (Lipinski definition) is 3. The first-order valence-corrected chi connectivity index (χ1v) is 9.77. The van der Waals surface area contributed by atoms with Gasteiger partial charge >= 0.3 is 0 Å². The number of dihydropyridines is 1. The molecule has 2 atom stereocenters.